The molecule has 2 aliphatic heterocycles. The first kappa shape index (κ1) is 15.4. The van der Waals surface area contributed by atoms with Crippen molar-refractivity contribution in [2.45, 2.75) is 31.3 Å². The molecular weight excluding hydrogens is 295 g/mol. The van der Waals surface area contributed by atoms with Gasteiger partial charge in [-0.25, -0.2) is 9.36 Å². The monoisotopic (exact) mass is 310 g/mol. The van der Waals surface area contributed by atoms with Crippen LogP contribution in [0.2, 0.25) is 0 Å². The fraction of sp³-hybridized carbons (Fsp3) is 0.778. The van der Waals surface area contributed by atoms with Gasteiger partial charge in [0.25, 0.3) is 0 Å². The predicted molar refractivity (Wildman–Crippen MR) is 62.1 cm³/mol. The summed E-state index contributed by atoms with van der Waals surface area (Å²) in [5.41, 5.74) is 0. The van der Waals surface area contributed by atoms with Crippen LogP contribution >= 0.6 is 7.82 Å². The van der Waals surface area contributed by atoms with Gasteiger partial charge in [-0.1, -0.05) is 0 Å². The Morgan fingerprint density at radius 3 is 2.75 bits per heavy atom. The van der Waals surface area contributed by atoms with Gasteiger partial charge in [0, 0.05) is 19.4 Å². The molecule has 3 amide bonds. The van der Waals surface area contributed by atoms with Gasteiger partial charge in [-0.2, -0.15) is 0 Å². The number of aliphatic hydroxyl groups excluding tert-OH is 1. The number of phosphoric ester groups is 1. The topological polar surface area (TPSA) is 146 Å². The minimum Gasteiger partial charge on any atom is -0.390 e. The number of carbonyl (C=O) groups is 2. The van der Waals surface area contributed by atoms with Crippen LogP contribution in [0.25, 0.3) is 0 Å². The highest BCUT2D eigenvalue weighted by atomic mass is 31.2. The van der Waals surface area contributed by atoms with Crippen LogP contribution in [0, 0.1) is 0 Å². The van der Waals surface area contributed by atoms with Gasteiger partial charge in [0.1, 0.15) is 12.3 Å². The van der Waals surface area contributed by atoms with E-state index in [9.17, 15) is 19.3 Å². The zero-order chi connectivity index (χ0) is 14.9. The van der Waals surface area contributed by atoms with Crippen molar-refractivity contribution < 1.29 is 38.3 Å². The Morgan fingerprint density at radius 1 is 1.45 bits per heavy atom. The Balaban J connectivity index is 1.91. The summed E-state index contributed by atoms with van der Waals surface area (Å²) in [7, 11) is -4.65. The molecule has 0 bridgehead atoms. The summed E-state index contributed by atoms with van der Waals surface area (Å²) in [6.07, 6.45) is -2.51. The molecule has 0 spiro atoms. The highest BCUT2D eigenvalue weighted by Gasteiger charge is 2.41. The SMILES string of the molecule is O=C1CCN([C@@H]2CC(O)[C@H](COP(=O)(O)O)O2)C(=O)N1. The number of urea groups is 1. The van der Waals surface area contributed by atoms with E-state index < -0.39 is 38.9 Å². The average Bonchev–Trinajstić information content (AvgIpc) is 2.67. The number of aliphatic hydroxyl groups is 1. The molecule has 10 nitrogen and oxygen atoms in total. The normalized spacial score (nSPS) is 31.6. The first-order chi connectivity index (χ1) is 9.26. The van der Waals surface area contributed by atoms with E-state index in [0.717, 1.165) is 0 Å². The minimum absolute atomic E-state index is 0.0802. The van der Waals surface area contributed by atoms with Crippen LogP contribution in [0.5, 0.6) is 0 Å². The van der Waals surface area contributed by atoms with Crippen LogP contribution < -0.4 is 5.32 Å². The number of amides is 3. The van der Waals surface area contributed by atoms with Gasteiger partial charge < -0.3 is 19.6 Å². The van der Waals surface area contributed by atoms with Crippen molar-refractivity contribution in [3.63, 3.8) is 0 Å². The number of hydrogen-bond donors (Lipinski definition) is 4. The molecule has 0 aliphatic carbocycles. The standard InChI is InChI=1S/C9H15N2O8P/c12-5-3-8(11-2-1-7(13)10-9(11)14)19-6(5)4-18-20(15,16)17/h5-6,8,12H,1-4H2,(H,10,13,14)(H2,15,16,17)/t5?,6-,8-/m0/s1. The number of hydrogen-bond acceptors (Lipinski definition) is 6. The Hall–Kier alpha value is -1.03. The Labute approximate surface area is 113 Å². The van der Waals surface area contributed by atoms with E-state index in [1.165, 1.54) is 4.90 Å². The minimum atomic E-state index is -4.65. The quantitative estimate of drug-likeness (QED) is 0.460. The zero-order valence-corrected chi connectivity index (χ0v) is 11.2. The van der Waals surface area contributed by atoms with E-state index in [-0.39, 0.29) is 25.3 Å². The number of carbonyl (C=O) groups excluding carboxylic acids is 2. The largest absolute Gasteiger partial charge is 0.469 e. The number of ether oxygens (including phenoxy) is 1. The summed E-state index contributed by atoms with van der Waals surface area (Å²) < 4.78 is 20.2. The second-order valence-electron chi connectivity index (χ2n) is 4.52. The summed E-state index contributed by atoms with van der Waals surface area (Å²) in [5, 5.41) is 11.9. The number of phosphoric acid groups is 1. The third kappa shape index (κ3) is 3.75. The lowest BCUT2D eigenvalue weighted by atomic mass is 10.2. The summed E-state index contributed by atoms with van der Waals surface area (Å²) >= 11 is 0. The smallest absolute Gasteiger partial charge is 0.390 e. The van der Waals surface area contributed by atoms with Gasteiger partial charge in [-0.15, -0.1) is 0 Å². The number of nitrogens with zero attached hydrogens (tertiary/aromatic N) is 1. The van der Waals surface area contributed by atoms with Gasteiger partial charge in [0.2, 0.25) is 5.91 Å². The van der Waals surface area contributed by atoms with Crippen molar-refractivity contribution in [3.8, 4) is 0 Å². The molecule has 0 aromatic carbocycles. The fourth-order valence-corrected chi connectivity index (χ4v) is 2.42. The molecule has 2 aliphatic rings. The van der Waals surface area contributed by atoms with E-state index >= 15 is 0 Å². The Kier molecular flexibility index (Phi) is 4.43. The molecule has 4 N–H and O–H groups in total. The summed E-state index contributed by atoms with van der Waals surface area (Å²) in [6, 6.07) is -0.616. The first-order valence-electron chi connectivity index (χ1n) is 5.90. The maximum Gasteiger partial charge on any atom is 0.469 e. The van der Waals surface area contributed by atoms with Crippen molar-refractivity contribution in [1.29, 1.82) is 0 Å². The van der Waals surface area contributed by atoms with Crippen molar-refractivity contribution in [2.75, 3.05) is 13.2 Å². The van der Waals surface area contributed by atoms with Crippen LogP contribution in [0.4, 0.5) is 4.79 Å². The lowest BCUT2D eigenvalue weighted by molar-refractivity contribution is -0.123. The van der Waals surface area contributed by atoms with Crippen LogP contribution in [0.15, 0.2) is 0 Å². The van der Waals surface area contributed by atoms with Gasteiger partial charge >= 0.3 is 13.9 Å². The molecule has 11 heteroatoms. The molecule has 114 valence electrons. The second-order valence-corrected chi connectivity index (χ2v) is 5.75. The highest BCUT2D eigenvalue weighted by Crippen LogP contribution is 2.37. The number of nitrogens with one attached hydrogen (secondary N) is 1. The van der Waals surface area contributed by atoms with Gasteiger partial charge in [0.15, 0.2) is 0 Å². The molecular formula is C9H15N2O8P. The first-order valence-corrected chi connectivity index (χ1v) is 7.43. The molecule has 20 heavy (non-hydrogen) atoms. The Morgan fingerprint density at radius 2 is 2.15 bits per heavy atom. The third-order valence-corrected chi connectivity index (χ3v) is 3.53. The maximum atomic E-state index is 11.6. The van der Waals surface area contributed by atoms with Crippen molar-refractivity contribution >= 4 is 19.8 Å². The maximum absolute atomic E-state index is 11.6. The molecule has 2 heterocycles. The van der Waals surface area contributed by atoms with Crippen molar-refractivity contribution in [1.82, 2.24) is 10.2 Å². The van der Waals surface area contributed by atoms with Crippen LogP contribution in [-0.4, -0.2) is 63.3 Å². The van der Waals surface area contributed by atoms with Crippen LogP contribution in [0.1, 0.15) is 12.8 Å². The Bertz CT molecular complexity index is 451. The van der Waals surface area contributed by atoms with E-state index in [2.05, 4.69) is 9.84 Å². The molecule has 2 rings (SSSR count). The summed E-state index contributed by atoms with van der Waals surface area (Å²) in [4.78, 5) is 41.1. The lowest BCUT2D eigenvalue weighted by Gasteiger charge is -2.31. The fourth-order valence-electron chi connectivity index (χ4n) is 2.08. The van der Waals surface area contributed by atoms with E-state index in [0.29, 0.717) is 0 Å². The van der Waals surface area contributed by atoms with Gasteiger partial charge in [0.05, 0.1) is 12.7 Å². The third-order valence-electron chi connectivity index (χ3n) is 3.05. The average molecular weight is 310 g/mol. The summed E-state index contributed by atoms with van der Waals surface area (Å²) in [5.74, 6) is -0.383. The van der Waals surface area contributed by atoms with Gasteiger partial charge in [-0.3, -0.25) is 19.5 Å². The molecule has 0 radical (unpaired) electrons. The van der Waals surface area contributed by atoms with Crippen LogP contribution in [0.3, 0.4) is 0 Å². The van der Waals surface area contributed by atoms with E-state index in [4.69, 9.17) is 14.5 Å². The molecule has 2 saturated heterocycles. The van der Waals surface area contributed by atoms with E-state index in [1.807, 2.05) is 0 Å². The molecule has 0 aromatic rings. The lowest BCUT2D eigenvalue weighted by Crippen LogP contribution is -2.53. The predicted octanol–water partition coefficient (Wildman–Crippen LogP) is -1.49. The van der Waals surface area contributed by atoms with Crippen LogP contribution in [-0.2, 0) is 18.6 Å². The zero-order valence-electron chi connectivity index (χ0n) is 10.3. The second kappa shape index (κ2) is 5.76. The molecule has 3 atom stereocenters. The number of rotatable bonds is 4. The molecule has 0 saturated carbocycles. The summed E-state index contributed by atoms with van der Waals surface area (Å²) in [6.45, 7) is -0.329. The van der Waals surface area contributed by atoms with Crippen molar-refractivity contribution in [2.24, 2.45) is 0 Å². The molecule has 0 aromatic heterocycles. The van der Waals surface area contributed by atoms with E-state index in [1.54, 1.807) is 0 Å². The molecule has 2 fully saturated rings. The highest BCUT2D eigenvalue weighted by molar-refractivity contribution is 7.46. The van der Waals surface area contributed by atoms with Crippen molar-refractivity contribution in [3.05, 3.63) is 0 Å². The number of imide groups is 1. The molecule has 1 unspecified atom stereocenters. The van der Waals surface area contributed by atoms with Gasteiger partial charge in [-0.05, 0) is 0 Å².